The van der Waals surface area contributed by atoms with Crippen molar-refractivity contribution in [2.45, 2.75) is 83.6 Å². The highest BCUT2D eigenvalue weighted by Crippen LogP contribution is 2.19. The molecule has 0 spiro atoms. The zero-order valence-corrected chi connectivity index (χ0v) is 14.0. The normalized spacial score (nSPS) is 12.7. The monoisotopic (exact) mass is 294 g/mol. The number of nitrogens with zero attached hydrogens (tertiary/aromatic N) is 2. The highest BCUT2D eigenvalue weighted by atomic mass is 15.3. The Bertz CT molecular complexity index is 348. The van der Waals surface area contributed by atoms with Gasteiger partial charge in [0, 0.05) is 13.2 Å². The summed E-state index contributed by atoms with van der Waals surface area (Å²) in [6, 6.07) is 2.27. The van der Waals surface area contributed by atoms with E-state index in [1.54, 1.807) is 0 Å². The van der Waals surface area contributed by atoms with Gasteiger partial charge in [0.05, 0.1) is 11.7 Å². The molecular weight excluding hydrogens is 260 g/mol. The van der Waals surface area contributed by atoms with Gasteiger partial charge in [-0.1, -0.05) is 71.1 Å². The molecule has 0 amide bonds. The van der Waals surface area contributed by atoms with Crippen molar-refractivity contribution < 1.29 is 0 Å². The summed E-state index contributed by atoms with van der Waals surface area (Å²) in [5.74, 6) is 5.66. The van der Waals surface area contributed by atoms with Crippen LogP contribution in [0.2, 0.25) is 0 Å². The lowest BCUT2D eigenvalue weighted by molar-refractivity contribution is 0.450. The van der Waals surface area contributed by atoms with Crippen LogP contribution in [0.1, 0.15) is 89.3 Å². The molecule has 1 aromatic heterocycles. The lowest BCUT2D eigenvalue weighted by Gasteiger charge is -2.16. The predicted molar refractivity (Wildman–Crippen MR) is 89.7 cm³/mol. The van der Waals surface area contributed by atoms with Gasteiger partial charge in [-0.05, 0) is 12.5 Å². The van der Waals surface area contributed by atoms with Crippen molar-refractivity contribution in [3.05, 3.63) is 18.0 Å². The second-order valence-electron chi connectivity index (χ2n) is 6.07. The summed E-state index contributed by atoms with van der Waals surface area (Å²) in [6.45, 7) is 2.27. The molecule has 3 N–H and O–H groups in total. The first-order valence-electron chi connectivity index (χ1n) is 8.73. The largest absolute Gasteiger partial charge is 0.271 e. The lowest BCUT2D eigenvalue weighted by atomic mass is 10.0. The Hall–Kier alpha value is -0.870. The van der Waals surface area contributed by atoms with Crippen molar-refractivity contribution in [3.63, 3.8) is 0 Å². The van der Waals surface area contributed by atoms with Crippen molar-refractivity contribution in [3.8, 4) is 0 Å². The number of nitrogens with two attached hydrogens (primary N) is 1. The maximum atomic E-state index is 5.66. The van der Waals surface area contributed by atoms with Crippen LogP contribution in [0.25, 0.3) is 0 Å². The Morgan fingerprint density at radius 2 is 1.62 bits per heavy atom. The maximum Gasteiger partial charge on any atom is 0.0628 e. The highest BCUT2D eigenvalue weighted by molar-refractivity contribution is 5.05. The molecule has 1 atom stereocenters. The van der Waals surface area contributed by atoms with Crippen LogP contribution in [-0.2, 0) is 7.05 Å². The van der Waals surface area contributed by atoms with Crippen LogP contribution in [0.15, 0.2) is 12.3 Å². The van der Waals surface area contributed by atoms with Gasteiger partial charge in [0.1, 0.15) is 0 Å². The molecule has 0 aliphatic rings. The van der Waals surface area contributed by atoms with Crippen LogP contribution in [0.3, 0.4) is 0 Å². The Morgan fingerprint density at radius 3 is 2.10 bits per heavy atom. The second kappa shape index (κ2) is 11.8. The summed E-state index contributed by atoms with van der Waals surface area (Å²) in [5.41, 5.74) is 4.09. The minimum absolute atomic E-state index is 0.228. The summed E-state index contributed by atoms with van der Waals surface area (Å²) in [6.07, 6.45) is 16.6. The smallest absolute Gasteiger partial charge is 0.0628 e. The number of hydrazine groups is 1. The van der Waals surface area contributed by atoms with Gasteiger partial charge < -0.3 is 0 Å². The van der Waals surface area contributed by atoms with Gasteiger partial charge in [0.2, 0.25) is 0 Å². The zero-order valence-electron chi connectivity index (χ0n) is 14.0. The number of aromatic nitrogens is 2. The van der Waals surface area contributed by atoms with Crippen LogP contribution in [-0.4, -0.2) is 9.78 Å². The minimum atomic E-state index is 0.228. The second-order valence-corrected chi connectivity index (χ2v) is 6.07. The van der Waals surface area contributed by atoms with E-state index in [9.17, 15) is 0 Å². The summed E-state index contributed by atoms with van der Waals surface area (Å²) in [7, 11) is 1.97. The Kier molecular flexibility index (Phi) is 10.2. The van der Waals surface area contributed by atoms with Crippen LogP contribution in [0, 0.1) is 0 Å². The topological polar surface area (TPSA) is 55.9 Å². The Labute approximate surface area is 130 Å². The lowest BCUT2D eigenvalue weighted by Crippen LogP contribution is -2.29. The first-order chi connectivity index (χ1) is 10.3. The van der Waals surface area contributed by atoms with Crippen molar-refractivity contribution in [2.24, 2.45) is 12.9 Å². The SMILES string of the molecule is CCCCCCCCCCCCC(NN)c1ccnn1C. The van der Waals surface area contributed by atoms with Crippen LogP contribution >= 0.6 is 0 Å². The van der Waals surface area contributed by atoms with Crippen LogP contribution in [0.5, 0.6) is 0 Å². The summed E-state index contributed by atoms with van der Waals surface area (Å²) >= 11 is 0. The molecule has 1 unspecified atom stereocenters. The van der Waals surface area contributed by atoms with Gasteiger partial charge in [-0.3, -0.25) is 16.0 Å². The first-order valence-corrected chi connectivity index (χ1v) is 8.73. The fourth-order valence-corrected chi connectivity index (χ4v) is 2.88. The average Bonchev–Trinajstić information content (AvgIpc) is 2.91. The molecule has 0 saturated heterocycles. The molecule has 0 aliphatic carbocycles. The van der Waals surface area contributed by atoms with Gasteiger partial charge in [0.25, 0.3) is 0 Å². The van der Waals surface area contributed by atoms with E-state index in [1.807, 2.05) is 24.0 Å². The van der Waals surface area contributed by atoms with E-state index in [0.717, 1.165) is 6.42 Å². The van der Waals surface area contributed by atoms with E-state index in [2.05, 4.69) is 17.4 Å². The standard InChI is InChI=1S/C17H34N4/c1-3-4-5-6-7-8-9-10-11-12-13-16(20-18)17-14-15-19-21(17)2/h14-16,20H,3-13,18H2,1-2H3. The Balaban J connectivity index is 1.99. The van der Waals surface area contributed by atoms with Crippen molar-refractivity contribution in [1.82, 2.24) is 15.2 Å². The van der Waals surface area contributed by atoms with E-state index in [4.69, 9.17) is 5.84 Å². The van der Waals surface area contributed by atoms with Gasteiger partial charge in [-0.15, -0.1) is 0 Å². The highest BCUT2D eigenvalue weighted by Gasteiger charge is 2.12. The van der Waals surface area contributed by atoms with E-state index in [0.29, 0.717) is 0 Å². The number of hydrogen-bond acceptors (Lipinski definition) is 3. The molecule has 4 heteroatoms. The summed E-state index contributed by atoms with van der Waals surface area (Å²) in [4.78, 5) is 0. The van der Waals surface area contributed by atoms with Crippen LogP contribution in [0.4, 0.5) is 0 Å². The molecule has 0 fully saturated rings. The third-order valence-electron chi connectivity index (χ3n) is 4.26. The zero-order chi connectivity index (χ0) is 15.3. The van der Waals surface area contributed by atoms with Gasteiger partial charge >= 0.3 is 0 Å². The Morgan fingerprint density at radius 1 is 1.05 bits per heavy atom. The molecule has 1 rings (SSSR count). The van der Waals surface area contributed by atoms with E-state index in [-0.39, 0.29) is 6.04 Å². The van der Waals surface area contributed by atoms with Crippen LogP contribution < -0.4 is 11.3 Å². The quantitative estimate of drug-likeness (QED) is 0.325. The van der Waals surface area contributed by atoms with Gasteiger partial charge in [0.15, 0.2) is 0 Å². The van der Waals surface area contributed by atoms with E-state index in [1.165, 1.54) is 69.9 Å². The molecule has 122 valence electrons. The fraction of sp³-hybridized carbons (Fsp3) is 0.824. The van der Waals surface area contributed by atoms with Crippen molar-refractivity contribution in [1.29, 1.82) is 0 Å². The van der Waals surface area contributed by atoms with Crippen molar-refractivity contribution >= 4 is 0 Å². The fourth-order valence-electron chi connectivity index (χ4n) is 2.88. The molecule has 0 bridgehead atoms. The summed E-state index contributed by atoms with van der Waals surface area (Å²) < 4.78 is 1.90. The first kappa shape index (κ1) is 18.2. The van der Waals surface area contributed by atoms with E-state index >= 15 is 0 Å². The number of aryl methyl sites for hydroxylation is 1. The molecular formula is C17H34N4. The average molecular weight is 294 g/mol. The molecule has 4 nitrogen and oxygen atoms in total. The molecule has 0 saturated carbocycles. The van der Waals surface area contributed by atoms with Gasteiger partial charge in [-0.25, -0.2) is 0 Å². The van der Waals surface area contributed by atoms with Crippen molar-refractivity contribution in [2.75, 3.05) is 0 Å². The van der Waals surface area contributed by atoms with E-state index < -0.39 is 0 Å². The molecule has 0 aromatic carbocycles. The third-order valence-corrected chi connectivity index (χ3v) is 4.26. The number of hydrogen-bond donors (Lipinski definition) is 2. The number of unbranched alkanes of at least 4 members (excludes halogenated alkanes) is 9. The minimum Gasteiger partial charge on any atom is -0.271 e. The van der Waals surface area contributed by atoms with Gasteiger partial charge in [-0.2, -0.15) is 5.10 Å². The molecule has 21 heavy (non-hydrogen) atoms. The number of nitrogens with one attached hydrogen (secondary N) is 1. The number of rotatable bonds is 13. The predicted octanol–water partition coefficient (Wildman–Crippen LogP) is 4.24. The molecule has 1 aromatic rings. The molecule has 1 heterocycles. The molecule has 0 aliphatic heterocycles. The third kappa shape index (κ3) is 7.63. The molecule has 0 radical (unpaired) electrons. The maximum absolute atomic E-state index is 5.66. The summed E-state index contributed by atoms with van der Waals surface area (Å²) in [5, 5.41) is 4.21.